The number of ether oxygens (including phenoxy) is 6. The smallest absolute Gasteiger partial charge is 0.347 e. The van der Waals surface area contributed by atoms with Gasteiger partial charge in [0.05, 0.1) is 15.7 Å². The summed E-state index contributed by atoms with van der Waals surface area (Å²) < 4.78 is 30.2. The highest BCUT2D eigenvalue weighted by Crippen LogP contribution is 2.32. The van der Waals surface area contributed by atoms with Gasteiger partial charge in [-0.2, -0.15) is 0 Å². The van der Waals surface area contributed by atoms with E-state index in [1.807, 2.05) is 0 Å². The topological polar surface area (TPSA) is 237 Å². The summed E-state index contributed by atoms with van der Waals surface area (Å²) in [5, 5.41) is 0. The van der Waals surface area contributed by atoms with Gasteiger partial charge in [0.25, 0.3) is 5.91 Å². The molecule has 6 atom stereocenters. The van der Waals surface area contributed by atoms with Crippen molar-refractivity contribution in [1.82, 2.24) is 19.8 Å². The number of hydrogen-bond donors (Lipinski definition) is 0. The number of carbonyl (C=O) groups is 8. The van der Waals surface area contributed by atoms with E-state index in [-0.39, 0.29) is 25.0 Å². The number of aliphatic imine (C=N–C) groups is 1. The molecule has 0 saturated carbocycles. The maximum absolute atomic E-state index is 13.5. The van der Waals surface area contributed by atoms with Crippen molar-refractivity contribution in [2.24, 2.45) is 4.99 Å². The van der Waals surface area contributed by atoms with E-state index in [1.165, 1.54) is 49.9 Å². The van der Waals surface area contributed by atoms with Gasteiger partial charge in [0.2, 0.25) is 11.9 Å². The zero-order valence-corrected chi connectivity index (χ0v) is 31.6. The van der Waals surface area contributed by atoms with Gasteiger partial charge in [0.15, 0.2) is 36.6 Å². The molecule has 0 bridgehead atoms. The second-order valence-corrected chi connectivity index (χ2v) is 12.3. The molecule has 2 aromatic rings. The van der Waals surface area contributed by atoms with Gasteiger partial charge in [-0.15, -0.1) is 0 Å². The summed E-state index contributed by atoms with van der Waals surface area (Å²) in [6, 6.07) is 3.31. The first-order chi connectivity index (χ1) is 24.8. The maximum Gasteiger partial charge on any atom is 0.347 e. The number of guanidine groups is 1. The van der Waals surface area contributed by atoms with Crippen LogP contribution < -0.4 is 0 Å². The van der Waals surface area contributed by atoms with E-state index >= 15 is 0 Å². The van der Waals surface area contributed by atoms with Crippen molar-refractivity contribution in [3.8, 4) is 0 Å². The fraction of sp³-hybridized carbons (Fsp3) is 0.485. The highest BCUT2D eigenvalue weighted by atomic mass is 79.9. The summed E-state index contributed by atoms with van der Waals surface area (Å²) in [6.45, 7) is 9.68. The van der Waals surface area contributed by atoms with E-state index < -0.39 is 78.3 Å². The lowest BCUT2D eigenvalue weighted by Crippen LogP contribution is -2.45. The Labute approximate surface area is 311 Å². The number of esters is 6. The molecule has 1 aliphatic heterocycles. The number of hydrogen-bond acceptors (Lipinski definition) is 17. The zero-order chi connectivity index (χ0) is 39.7. The van der Waals surface area contributed by atoms with Crippen molar-refractivity contribution in [2.75, 3.05) is 13.1 Å². The van der Waals surface area contributed by atoms with Gasteiger partial charge < -0.3 is 28.4 Å². The van der Waals surface area contributed by atoms with Crippen LogP contribution in [0.25, 0.3) is 11.0 Å². The monoisotopic (exact) mass is 807 g/mol. The molecule has 2 amide bonds. The van der Waals surface area contributed by atoms with Gasteiger partial charge in [0, 0.05) is 39.3 Å². The average Bonchev–Trinajstić information content (AvgIpc) is 3.52. The fourth-order valence-corrected chi connectivity index (χ4v) is 5.00. The summed E-state index contributed by atoms with van der Waals surface area (Å²) in [6.07, 6.45) is -5.87. The SMILES string of the molecule is CC(=O)O[C@@H](C)C(=O)O[C@@H](C)C(=O)O[C@@H](C)C(=O)O[C@@H](C)C(=O)O[C@@H](C)C(=O)O[C@@H](C)C(=O)N1CCN(C(C)=O)C1=Nc1ccc2nccnc2c1Br. The Balaban J connectivity index is 1.56. The van der Waals surface area contributed by atoms with Crippen LogP contribution in [0.1, 0.15) is 55.4 Å². The van der Waals surface area contributed by atoms with Crippen LogP contribution in [-0.4, -0.2) is 123 Å². The summed E-state index contributed by atoms with van der Waals surface area (Å²) in [5.41, 5.74) is 1.45. The number of nitrogens with zero attached hydrogens (tertiary/aromatic N) is 5. The van der Waals surface area contributed by atoms with Crippen molar-refractivity contribution in [1.29, 1.82) is 0 Å². The van der Waals surface area contributed by atoms with E-state index in [2.05, 4.69) is 35.6 Å². The van der Waals surface area contributed by atoms with E-state index in [0.717, 1.165) is 27.7 Å². The molecule has 0 unspecified atom stereocenters. The Kier molecular flexibility index (Phi) is 14.5. The van der Waals surface area contributed by atoms with Crippen molar-refractivity contribution >= 4 is 86.2 Å². The molecule has 0 radical (unpaired) electrons. The highest BCUT2D eigenvalue weighted by molar-refractivity contribution is 9.10. The van der Waals surface area contributed by atoms with Crippen molar-refractivity contribution in [3.05, 3.63) is 29.0 Å². The van der Waals surface area contributed by atoms with Gasteiger partial charge in [-0.25, -0.2) is 29.0 Å². The van der Waals surface area contributed by atoms with Crippen LogP contribution in [0.15, 0.2) is 34.0 Å². The first-order valence-corrected chi connectivity index (χ1v) is 16.9. The summed E-state index contributed by atoms with van der Waals surface area (Å²) in [7, 11) is 0. The molecule has 1 aliphatic rings. The minimum Gasteiger partial charge on any atom is -0.451 e. The molecule has 1 saturated heterocycles. The molecular weight excluding hydrogens is 770 g/mol. The molecule has 286 valence electrons. The Morgan fingerprint density at radius 3 is 1.49 bits per heavy atom. The molecule has 1 fully saturated rings. The molecule has 3 rings (SSSR count). The Morgan fingerprint density at radius 1 is 0.623 bits per heavy atom. The third kappa shape index (κ3) is 11.0. The lowest BCUT2D eigenvalue weighted by molar-refractivity contribution is -0.187. The number of aromatic nitrogens is 2. The minimum atomic E-state index is -1.58. The maximum atomic E-state index is 13.5. The molecule has 20 heteroatoms. The lowest BCUT2D eigenvalue weighted by atomic mass is 10.2. The molecule has 0 spiro atoms. The second kappa shape index (κ2) is 18.3. The fourth-order valence-electron chi connectivity index (χ4n) is 4.47. The van der Waals surface area contributed by atoms with Crippen molar-refractivity contribution in [2.45, 2.75) is 92.0 Å². The number of amides is 2. The van der Waals surface area contributed by atoms with E-state index in [0.29, 0.717) is 21.2 Å². The van der Waals surface area contributed by atoms with Gasteiger partial charge in [-0.3, -0.25) is 34.2 Å². The standard InChI is InChI=1S/C33H38BrN5O14/c1-15(27(42)39-14-13-38(21(7)40)33(39)37-23-9-10-24-26(25(23)34)36-12-11-35-24)49-29(44)17(3)51-31(46)19(5)53-32(47)20(6)52-30(45)18(4)50-28(43)16(2)48-22(8)41/h9-12,15-20H,13-14H2,1-8H3/t15-,16-,17-,18-,19-,20-/m0/s1. The highest BCUT2D eigenvalue weighted by Gasteiger charge is 2.38. The zero-order valence-electron chi connectivity index (χ0n) is 30.0. The van der Waals surface area contributed by atoms with E-state index in [9.17, 15) is 38.4 Å². The number of fused-ring (bicyclic) bond motifs is 1. The lowest BCUT2D eigenvalue weighted by Gasteiger charge is -2.24. The molecule has 0 N–H and O–H groups in total. The van der Waals surface area contributed by atoms with Crippen LogP contribution in [0.2, 0.25) is 0 Å². The summed E-state index contributed by atoms with van der Waals surface area (Å²) >= 11 is 3.46. The molecule has 1 aromatic carbocycles. The van der Waals surface area contributed by atoms with Crippen molar-refractivity contribution in [3.63, 3.8) is 0 Å². The number of rotatable bonds is 13. The first-order valence-electron chi connectivity index (χ1n) is 16.1. The van der Waals surface area contributed by atoms with E-state index in [4.69, 9.17) is 23.7 Å². The molecule has 1 aromatic heterocycles. The van der Waals surface area contributed by atoms with Crippen LogP contribution in [-0.2, 0) is 66.8 Å². The Bertz CT molecular complexity index is 1820. The quantitative estimate of drug-likeness (QED) is 0.207. The summed E-state index contributed by atoms with van der Waals surface area (Å²) in [5.74, 6) is -7.46. The van der Waals surface area contributed by atoms with Crippen LogP contribution in [0.3, 0.4) is 0 Å². The second-order valence-electron chi connectivity index (χ2n) is 11.5. The number of carbonyl (C=O) groups excluding carboxylic acids is 8. The molecular formula is C33H38BrN5O14. The molecule has 19 nitrogen and oxygen atoms in total. The van der Waals surface area contributed by atoms with Crippen LogP contribution >= 0.6 is 15.9 Å². The Hall–Kier alpha value is -5.53. The largest absolute Gasteiger partial charge is 0.451 e. The van der Waals surface area contributed by atoms with E-state index in [1.54, 1.807) is 12.1 Å². The third-order valence-electron chi connectivity index (χ3n) is 7.27. The molecule has 2 heterocycles. The summed E-state index contributed by atoms with van der Waals surface area (Å²) in [4.78, 5) is 115. The predicted molar refractivity (Wildman–Crippen MR) is 182 cm³/mol. The van der Waals surface area contributed by atoms with Gasteiger partial charge in [-0.05, 0) is 69.6 Å². The van der Waals surface area contributed by atoms with Crippen LogP contribution in [0.5, 0.6) is 0 Å². The third-order valence-corrected chi connectivity index (χ3v) is 8.05. The predicted octanol–water partition coefficient (Wildman–Crippen LogP) is 1.68. The molecule has 53 heavy (non-hydrogen) atoms. The first kappa shape index (κ1) is 41.9. The van der Waals surface area contributed by atoms with Gasteiger partial charge in [0.1, 0.15) is 5.52 Å². The van der Waals surface area contributed by atoms with Gasteiger partial charge in [-0.1, -0.05) is 0 Å². The van der Waals surface area contributed by atoms with Crippen LogP contribution in [0.4, 0.5) is 5.69 Å². The number of benzene rings is 1. The normalized spacial score (nSPS) is 16.7. The van der Waals surface area contributed by atoms with Gasteiger partial charge >= 0.3 is 35.8 Å². The minimum absolute atomic E-state index is 0.00583. The Morgan fingerprint density at radius 2 is 1.04 bits per heavy atom. The number of halogens is 1. The van der Waals surface area contributed by atoms with Crippen LogP contribution in [0, 0.1) is 0 Å². The molecule has 0 aliphatic carbocycles. The van der Waals surface area contributed by atoms with Crippen molar-refractivity contribution < 1.29 is 66.8 Å². The average molecular weight is 809 g/mol.